The summed E-state index contributed by atoms with van der Waals surface area (Å²) in [5, 5.41) is 2.59. The van der Waals surface area contributed by atoms with E-state index in [2.05, 4.69) is 37.4 Å². The summed E-state index contributed by atoms with van der Waals surface area (Å²) < 4.78 is 11.3. The monoisotopic (exact) mass is 491 g/mol. The molecule has 200 valence electrons. The molecule has 0 aromatic heterocycles. The predicted octanol–water partition coefficient (Wildman–Crippen LogP) is 6.43. The van der Waals surface area contributed by atoms with E-state index < -0.39 is 18.1 Å². The largest absolute Gasteiger partial charge is 0.461 e. The Kier molecular flexibility index (Phi) is 16.9. The van der Waals surface area contributed by atoms with Crippen LogP contribution in [0, 0.1) is 11.8 Å². The van der Waals surface area contributed by atoms with Crippen molar-refractivity contribution >= 4 is 18.3 Å². The number of ether oxygens (including phenoxy) is 2. The SMILES string of the molecule is CCCCC/C=C/C/C=C\C[C@@H](C[C@@H]1OC(=O)[C@H]1CCCCCC)OC(=O)[C@H](CC(C)C)NC=O. The van der Waals surface area contributed by atoms with Crippen LogP contribution in [0.15, 0.2) is 24.3 Å². The highest BCUT2D eigenvalue weighted by atomic mass is 16.6. The van der Waals surface area contributed by atoms with Crippen LogP contribution in [0.5, 0.6) is 0 Å². The quantitative estimate of drug-likeness (QED) is 0.0865. The first-order valence-corrected chi connectivity index (χ1v) is 13.8. The number of allylic oxidation sites excluding steroid dienone is 3. The Labute approximate surface area is 213 Å². The molecule has 0 spiro atoms. The summed E-state index contributed by atoms with van der Waals surface area (Å²) in [5.41, 5.74) is 0. The summed E-state index contributed by atoms with van der Waals surface area (Å²) in [6, 6.07) is -0.668. The Morgan fingerprint density at radius 1 is 1.03 bits per heavy atom. The van der Waals surface area contributed by atoms with Gasteiger partial charge in [0, 0.05) is 12.8 Å². The number of hydrogen-bond donors (Lipinski definition) is 1. The minimum atomic E-state index is -0.668. The Balaban J connectivity index is 2.70. The van der Waals surface area contributed by atoms with Crippen LogP contribution >= 0.6 is 0 Å². The zero-order valence-electron chi connectivity index (χ0n) is 22.5. The molecule has 1 amide bonds. The molecule has 0 aliphatic carbocycles. The summed E-state index contributed by atoms with van der Waals surface area (Å²) in [7, 11) is 0. The third-order valence-electron chi connectivity index (χ3n) is 6.41. The number of hydrogen-bond acceptors (Lipinski definition) is 5. The van der Waals surface area contributed by atoms with Gasteiger partial charge in [-0.1, -0.05) is 90.5 Å². The average Bonchev–Trinajstić information content (AvgIpc) is 2.81. The maximum absolute atomic E-state index is 12.8. The van der Waals surface area contributed by atoms with Crippen LogP contribution in [0.3, 0.4) is 0 Å². The van der Waals surface area contributed by atoms with Gasteiger partial charge in [0.1, 0.15) is 18.2 Å². The Morgan fingerprint density at radius 3 is 2.40 bits per heavy atom. The van der Waals surface area contributed by atoms with Crippen LogP contribution in [0.2, 0.25) is 0 Å². The van der Waals surface area contributed by atoms with E-state index in [1.54, 1.807) is 0 Å². The van der Waals surface area contributed by atoms with Crippen molar-refractivity contribution in [3.05, 3.63) is 24.3 Å². The van der Waals surface area contributed by atoms with Crippen molar-refractivity contribution in [2.45, 2.75) is 129 Å². The Hall–Kier alpha value is -2.11. The molecule has 1 aliphatic heterocycles. The van der Waals surface area contributed by atoms with E-state index in [4.69, 9.17) is 9.47 Å². The minimum Gasteiger partial charge on any atom is -0.461 e. The van der Waals surface area contributed by atoms with Crippen LogP contribution in [-0.2, 0) is 23.9 Å². The van der Waals surface area contributed by atoms with Crippen molar-refractivity contribution in [1.29, 1.82) is 0 Å². The molecule has 0 radical (unpaired) electrons. The maximum Gasteiger partial charge on any atom is 0.328 e. The maximum atomic E-state index is 12.8. The summed E-state index contributed by atoms with van der Waals surface area (Å²) in [5.74, 6) is -0.434. The third kappa shape index (κ3) is 13.5. The fraction of sp³-hybridized carbons (Fsp3) is 0.759. The predicted molar refractivity (Wildman–Crippen MR) is 141 cm³/mol. The molecule has 0 aromatic rings. The van der Waals surface area contributed by atoms with E-state index in [1.807, 2.05) is 19.9 Å². The number of unbranched alkanes of at least 4 members (excludes halogenated alkanes) is 6. The zero-order chi connectivity index (χ0) is 25.9. The smallest absolute Gasteiger partial charge is 0.328 e. The Bertz CT molecular complexity index is 657. The van der Waals surface area contributed by atoms with Gasteiger partial charge in [0.05, 0.1) is 5.92 Å². The number of rotatable bonds is 21. The summed E-state index contributed by atoms with van der Waals surface area (Å²) in [6.45, 7) is 8.37. The first kappa shape index (κ1) is 30.9. The van der Waals surface area contributed by atoms with Crippen LogP contribution in [0.25, 0.3) is 0 Å². The highest BCUT2D eigenvalue weighted by Gasteiger charge is 2.43. The van der Waals surface area contributed by atoms with Gasteiger partial charge in [0.15, 0.2) is 0 Å². The molecule has 35 heavy (non-hydrogen) atoms. The van der Waals surface area contributed by atoms with Gasteiger partial charge in [-0.05, 0) is 38.0 Å². The summed E-state index contributed by atoms with van der Waals surface area (Å²) >= 11 is 0. The number of nitrogens with one attached hydrogen (secondary N) is 1. The molecule has 1 N–H and O–H groups in total. The van der Waals surface area contributed by atoms with Crippen molar-refractivity contribution in [2.75, 3.05) is 0 Å². The van der Waals surface area contributed by atoms with Crippen LogP contribution in [0.4, 0.5) is 0 Å². The van der Waals surface area contributed by atoms with Crippen molar-refractivity contribution in [1.82, 2.24) is 5.32 Å². The lowest BCUT2D eigenvalue weighted by Crippen LogP contribution is -2.48. The number of carbonyl (C=O) groups is 3. The fourth-order valence-electron chi connectivity index (χ4n) is 4.34. The molecule has 0 unspecified atom stereocenters. The fourth-order valence-corrected chi connectivity index (χ4v) is 4.34. The summed E-state index contributed by atoms with van der Waals surface area (Å²) in [6.07, 6.45) is 21.0. The van der Waals surface area contributed by atoms with E-state index in [0.717, 1.165) is 38.5 Å². The highest BCUT2D eigenvalue weighted by Crippen LogP contribution is 2.32. The second kappa shape index (κ2) is 19.1. The molecule has 0 saturated carbocycles. The first-order chi connectivity index (χ1) is 16.9. The normalized spacial score (nSPS) is 19.5. The second-order valence-electron chi connectivity index (χ2n) is 10.1. The lowest BCUT2D eigenvalue weighted by atomic mass is 9.87. The molecule has 1 heterocycles. The first-order valence-electron chi connectivity index (χ1n) is 13.8. The molecular formula is C29H49NO5. The lowest BCUT2D eigenvalue weighted by Gasteiger charge is -2.37. The van der Waals surface area contributed by atoms with E-state index in [1.165, 1.54) is 25.7 Å². The minimum absolute atomic E-state index is 0.109. The van der Waals surface area contributed by atoms with Gasteiger partial charge in [-0.15, -0.1) is 0 Å². The standard InChI is InChI=1S/C29H49NO5/c1-5-7-9-11-12-13-14-15-16-18-24(34-29(33)26(30-22-31)20-23(3)4)21-27-25(28(32)35-27)19-17-10-8-6-2/h12-13,15-16,22-27H,5-11,14,17-21H2,1-4H3,(H,30,31)/b13-12+,16-15-/t24-,25-,26-,27-/m0/s1. The number of amides is 1. The molecule has 1 saturated heterocycles. The van der Waals surface area contributed by atoms with Crippen molar-refractivity contribution < 1.29 is 23.9 Å². The molecule has 1 rings (SSSR count). The zero-order valence-corrected chi connectivity index (χ0v) is 22.5. The molecule has 6 nitrogen and oxygen atoms in total. The van der Waals surface area contributed by atoms with E-state index >= 15 is 0 Å². The second-order valence-corrected chi connectivity index (χ2v) is 10.1. The molecular weight excluding hydrogens is 442 g/mol. The van der Waals surface area contributed by atoms with Crippen LogP contribution in [-0.4, -0.2) is 36.6 Å². The van der Waals surface area contributed by atoms with Gasteiger partial charge in [0.25, 0.3) is 0 Å². The average molecular weight is 492 g/mol. The molecule has 4 atom stereocenters. The Morgan fingerprint density at radius 2 is 1.74 bits per heavy atom. The van der Waals surface area contributed by atoms with Crippen LogP contribution in [0.1, 0.15) is 111 Å². The van der Waals surface area contributed by atoms with Crippen molar-refractivity contribution in [2.24, 2.45) is 11.8 Å². The van der Waals surface area contributed by atoms with Gasteiger partial charge >= 0.3 is 11.9 Å². The molecule has 1 aliphatic rings. The summed E-state index contributed by atoms with van der Waals surface area (Å²) in [4.78, 5) is 35.9. The van der Waals surface area contributed by atoms with Gasteiger partial charge in [-0.25, -0.2) is 4.79 Å². The number of esters is 2. The van der Waals surface area contributed by atoms with E-state index in [0.29, 0.717) is 25.7 Å². The lowest BCUT2D eigenvalue weighted by molar-refractivity contribution is -0.190. The van der Waals surface area contributed by atoms with Gasteiger partial charge in [-0.3, -0.25) is 9.59 Å². The van der Waals surface area contributed by atoms with Gasteiger partial charge in [0.2, 0.25) is 6.41 Å². The number of carbonyl (C=O) groups excluding carboxylic acids is 3. The molecule has 0 aromatic carbocycles. The molecule has 6 heteroatoms. The van der Waals surface area contributed by atoms with Gasteiger partial charge < -0.3 is 14.8 Å². The van der Waals surface area contributed by atoms with E-state index in [-0.39, 0.29) is 23.9 Å². The van der Waals surface area contributed by atoms with Crippen LogP contribution < -0.4 is 5.32 Å². The topological polar surface area (TPSA) is 81.7 Å². The highest BCUT2D eigenvalue weighted by molar-refractivity contribution is 5.79. The molecule has 1 fully saturated rings. The third-order valence-corrected chi connectivity index (χ3v) is 6.41. The van der Waals surface area contributed by atoms with E-state index in [9.17, 15) is 14.4 Å². The number of cyclic esters (lactones) is 1. The van der Waals surface area contributed by atoms with Crippen molar-refractivity contribution in [3.63, 3.8) is 0 Å². The van der Waals surface area contributed by atoms with Gasteiger partial charge in [-0.2, -0.15) is 0 Å². The van der Waals surface area contributed by atoms with Crippen molar-refractivity contribution in [3.8, 4) is 0 Å². The molecule has 0 bridgehead atoms.